The van der Waals surface area contributed by atoms with Gasteiger partial charge in [-0.25, -0.2) is 0 Å². The van der Waals surface area contributed by atoms with Crippen molar-refractivity contribution in [3.05, 3.63) is 54.1 Å². The van der Waals surface area contributed by atoms with Crippen molar-refractivity contribution in [3.8, 4) is 11.5 Å². The van der Waals surface area contributed by atoms with Crippen molar-refractivity contribution in [2.45, 2.75) is 17.9 Å². The highest BCUT2D eigenvalue weighted by Gasteiger charge is 2.21. The Bertz CT molecular complexity index is 776. The Labute approximate surface area is 164 Å². The van der Waals surface area contributed by atoms with Gasteiger partial charge >= 0.3 is 0 Å². The molecular formula is C21H24N2O3S. The molecule has 2 aliphatic rings. The standard InChI is InChI=1S/C21H24N2O3S/c24-21(8-13-27-18-4-2-1-3-5-18)23-11-9-22(10-12-23)15-17-6-7-19-20(14-17)26-16-25-19/h1-7,14H,8-13,15-16H2. The summed E-state index contributed by atoms with van der Waals surface area (Å²) in [5, 5.41) is 0. The lowest BCUT2D eigenvalue weighted by molar-refractivity contribution is -0.132. The zero-order valence-corrected chi connectivity index (χ0v) is 16.1. The first-order chi connectivity index (χ1) is 13.3. The Hall–Kier alpha value is -2.18. The summed E-state index contributed by atoms with van der Waals surface area (Å²) in [6, 6.07) is 16.4. The molecule has 0 aromatic heterocycles. The van der Waals surface area contributed by atoms with Crippen LogP contribution in [0.25, 0.3) is 0 Å². The Balaban J connectivity index is 1.20. The minimum Gasteiger partial charge on any atom is -0.454 e. The van der Waals surface area contributed by atoms with E-state index < -0.39 is 0 Å². The van der Waals surface area contributed by atoms with Crippen LogP contribution >= 0.6 is 11.8 Å². The van der Waals surface area contributed by atoms with Crippen molar-refractivity contribution >= 4 is 17.7 Å². The predicted molar refractivity (Wildman–Crippen MR) is 106 cm³/mol. The molecule has 0 radical (unpaired) electrons. The number of benzene rings is 2. The summed E-state index contributed by atoms with van der Waals surface area (Å²) in [5.41, 5.74) is 1.22. The smallest absolute Gasteiger partial charge is 0.231 e. The van der Waals surface area contributed by atoms with Crippen molar-refractivity contribution in [2.75, 3.05) is 38.7 Å². The van der Waals surface area contributed by atoms with Gasteiger partial charge in [0, 0.05) is 49.8 Å². The van der Waals surface area contributed by atoms with Crippen LogP contribution in [0.2, 0.25) is 0 Å². The summed E-state index contributed by atoms with van der Waals surface area (Å²) < 4.78 is 10.8. The molecule has 1 amide bonds. The third kappa shape index (κ3) is 4.76. The molecule has 0 unspecified atom stereocenters. The van der Waals surface area contributed by atoms with Crippen molar-refractivity contribution in [3.63, 3.8) is 0 Å². The molecule has 27 heavy (non-hydrogen) atoms. The van der Waals surface area contributed by atoms with Crippen molar-refractivity contribution in [2.24, 2.45) is 0 Å². The van der Waals surface area contributed by atoms with E-state index in [2.05, 4.69) is 29.2 Å². The van der Waals surface area contributed by atoms with Crippen molar-refractivity contribution in [1.82, 2.24) is 9.80 Å². The van der Waals surface area contributed by atoms with Gasteiger partial charge in [-0.15, -0.1) is 11.8 Å². The van der Waals surface area contributed by atoms with Gasteiger partial charge < -0.3 is 14.4 Å². The first kappa shape index (κ1) is 18.2. The highest BCUT2D eigenvalue weighted by molar-refractivity contribution is 7.99. The maximum Gasteiger partial charge on any atom is 0.231 e. The fraction of sp³-hybridized carbons (Fsp3) is 0.381. The largest absolute Gasteiger partial charge is 0.454 e. The second-order valence-electron chi connectivity index (χ2n) is 6.76. The number of fused-ring (bicyclic) bond motifs is 1. The summed E-state index contributed by atoms with van der Waals surface area (Å²) >= 11 is 1.74. The number of carbonyl (C=O) groups excluding carboxylic acids is 1. The fourth-order valence-corrected chi connectivity index (χ4v) is 4.25. The number of ether oxygens (including phenoxy) is 2. The highest BCUT2D eigenvalue weighted by atomic mass is 32.2. The van der Waals surface area contributed by atoms with Crippen LogP contribution in [0, 0.1) is 0 Å². The normalized spacial score (nSPS) is 16.5. The van der Waals surface area contributed by atoms with E-state index in [4.69, 9.17) is 9.47 Å². The molecule has 0 N–H and O–H groups in total. The topological polar surface area (TPSA) is 42.0 Å². The average molecular weight is 385 g/mol. The molecule has 0 aliphatic carbocycles. The van der Waals surface area contributed by atoms with Gasteiger partial charge in [0.2, 0.25) is 12.7 Å². The Morgan fingerprint density at radius 1 is 0.963 bits per heavy atom. The van der Waals surface area contributed by atoms with Gasteiger partial charge in [0.05, 0.1) is 0 Å². The van der Waals surface area contributed by atoms with Crippen LogP contribution in [-0.2, 0) is 11.3 Å². The Kier molecular flexibility index (Phi) is 5.84. The SMILES string of the molecule is O=C(CCSc1ccccc1)N1CCN(Cc2ccc3c(c2)OCO3)CC1. The Morgan fingerprint density at radius 3 is 2.56 bits per heavy atom. The van der Waals surface area contributed by atoms with Crippen LogP contribution in [0.4, 0.5) is 0 Å². The van der Waals surface area contributed by atoms with E-state index in [-0.39, 0.29) is 5.91 Å². The third-order valence-electron chi connectivity index (χ3n) is 4.90. The van der Waals surface area contributed by atoms with E-state index in [1.54, 1.807) is 11.8 Å². The summed E-state index contributed by atoms with van der Waals surface area (Å²) in [5.74, 6) is 2.75. The summed E-state index contributed by atoms with van der Waals surface area (Å²) in [4.78, 5) is 18.1. The minimum atomic E-state index is 0.265. The molecule has 4 rings (SSSR count). The van der Waals surface area contributed by atoms with Gasteiger partial charge in [-0.2, -0.15) is 0 Å². The summed E-state index contributed by atoms with van der Waals surface area (Å²) in [6.07, 6.45) is 0.599. The van der Waals surface area contributed by atoms with E-state index in [0.717, 1.165) is 50.0 Å². The lowest BCUT2D eigenvalue weighted by atomic mass is 10.1. The van der Waals surface area contributed by atoms with E-state index in [1.807, 2.05) is 29.2 Å². The molecule has 6 heteroatoms. The molecule has 5 nitrogen and oxygen atoms in total. The first-order valence-electron chi connectivity index (χ1n) is 9.34. The maximum absolute atomic E-state index is 12.4. The van der Waals surface area contributed by atoms with Crippen molar-refractivity contribution in [1.29, 1.82) is 0 Å². The van der Waals surface area contributed by atoms with E-state index in [1.165, 1.54) is 10.5 Å². The molecule has 1 fully saturated rings. The molecule has 0 atom stereocenters. The molecule has 0 saturated carbocycles. The minimum absolute atomic E-state index is 0.265. The molecule has 2 aromatic rings. The monoisotopic (exact) mass is 384 g/mol. The van der Waals surface area contributed by atoms with Crippen LogP contribution < -0.4 is 9.47 Å². The molecule has 0 bridgehead atoms. The second-order valence-corrected chi connectivity index (χ2v) is 7.92. The van der Waals surface area contributed by atoms with Crippen LogP contribution in [-0.4, -0.2) is 54.4 Å². The fourth-order valence-electron chi connectivity index (χ4n) is 3.38. The molecule has 2 aliphatic heterocycles. The van der Waals surface area contributed by atoms with Crippen LogP contribution in [0.15, 0.2) is 53.4 Å². The van der Waals surface area contributed by atoms with Crippen LogP contribution in [0.5, 0.6) is 11.5 Å². The molecular weight excluding hydrogens is 360 g/mol. The van der Waals surface area contributed by atoms with Crippen LogP contribution in [0.3, 0.4) is 0 Å². The Morgan fingerprint density at radius 2 is 1.74 bits per heavy atom. The maximum atomic E-state index is 12.4. The predicted octanol–water partition coefficient (Wildman–Crippen LogP) is 3.24. The van der Waals surface area contributed by atoms with Crippen molar-refractivity contribution < 1.29 is 14.3 Å². The molecule has 2 aromatic carbocycles. The molecule has 1 saturated heterocycles. The first-order valence-corrected chi connectivity index (χ1v) is 10.3. The number of hydrogen-bond donors (Lipinski definition) is 0. The number of carbonyl (C=O) groups is 1. The summed E-state index contributed by atoms with van der Waals surface area (Å²) in [7, 11) is 0. The number of nitrogens with zero attached hydrogens (tertiary/aromatic N) is 2. The molecule has 142 valence electrons. The highest BCUT2D eigenvalue weighted by Crippen LogP contribution is 2.32. The number of amides is 1. The molecule has 0 spiro atoms. The van der Waals surface area contributed by atoms with Gasteiger partial charge in [0.25, 0.3) is 0 Å². The van der Waals surface area contributed by atoms with Gasteiger partial charge in [-0.05, 0) is 29.8 Å². The van der Waals surface area contributed by atoms with E-state index in [0.29, 0.717) is 13.2 Å². The lowest BCUT2D eigenvalue weighted by Gasteiger charge is -2.34. The van der Waals surface area contributed by atoms with E-state index >= 15 is 0 Å². The number of thioether (sulfide) groups is 1. The average Bonchev–Trinajstić information content (AvgIpc) is 3.17. The number of rotatable bonds is 6. The number of piperazine rings is 1. The quantitative estimate of drug-likeness (QED) is 0.716. The van der Waals surface area contributed by atoms with E-state index in [9.17, 15) is 4.79 Å². The van der Waals surface area contributed by atoms with Gasteiger partial charge in [0.1, 0.15) is 0 Å². The summed E-state index contributed by atoms with van der Waals surface area (Å²) in [6.45, 7) is 4.61. The second kappa shape index (κ2) is 8.67. The number of hydrogen-bond acceptors (Lipinski definition) is 5. The zero-order chi connectivity index (χ0) is 18.5. The van der Waals surface area contributed by atoms with Gasteiger partial charge in [0.15, 0.2) is 11.5 Å². The zero-order valence-electron chi connectivity index (χ0n) is 15.3. The third-order valence-corrected chi connectivity index (χ3v) is 5.91. The van der Waals surface area contributed by atoms with Gasteiger partial charge in [-0.3, -0.25) is 9.69 Å². The molecule has 2 heterocycles. The van der Waals surface area contributed by atoms with Crippen LogP contribution in [0.1, 0.15) is 12.0 Å². The lowest BCUT2D eigenvalue weighted by Crippen LogP contribution is -2.48. The van der Waals surface area contributed by atoms with Gasteiger partial charge in [-0.1, -0.05) is 24.3 Å².